The Labute approximate surface area is 92.1 Å². The summed E-state index contributed by atoms with van der Waals surface area (Å²) in [5, 5.41) is 3.45. The summed E-state index contributed by atoms with van der Waals surface area (Å²) in [6, 6.07) is 4.96. The van der Waals surface area contributed by atoms with Crippen LogP contribution in [0.1, 0.15) is 42.3 Å². The Kier molecular flexibility index (Phi) is 3.06. The maximum atomic E-state index is 4.43. The van der Waals surface area contributed by atoms with E-state index in [-0.39, 0.29) is 0 Å². The second-order valence-corrected chi connectivity index (χ2v) is 4.64. The highest BCUT2D eigenvalue weighted by atomic mass is 14.9. The van der Waals surface area contributed by atoms with Crippen molar-refractivity contribution >= 4 is 0 Å². The molecule has 1 heterocycles. The minimum atomic E-state index is 0.527. The highest BCUT2D eigenvalue weighted by molar-refractivity contribution is 5.24. The monoisotopic (exact) mass is 204 g/mol. The SMILES string of the molecule is CNC(c1cc(C)nc(C)c1)C1CCC1. The molecule has 2 rings (SSSR count). The zero-order valence-corrected chi connectivity index (χ0v) is 9.88. The van der Waals surface area contributed by atoms with Crippen molar-refractivity contribution in [3.8, 4) is 0 Å². The second-order valence-electron chi connectivity index (χ2n) is 4.64. The van der Waals surface area contributed by atoms with Crippen LogP contribution in [-0.2, 0) is 0 Å². The van der Waals surface area contributed by atoms with Gasteiger partial charge >= 0.3 is 0 Å². The summed E-state index contributed by atoms with van der Waals surface area (Å²) < 4.78 is 0. The van der Waals surface area contributed by atoms with Gasteiger partial charge < -0.3 is 5.32 Å². The van der Waals surface area contributed by atoms with Crippen LogP contribution in [0.3, 0.4) is 0 Å². The van der Waals surface area contributed by atoms with Crippen molar-refractivity contribution < 1.29 is 0 Å². The van der Waals surface area contributed by atoms with E-state index in [1.807, 2.05) is 0 Å². The molecule has 0 bridgehead atoms. The van der Waals surface area contributed by atoms with Gasteiger partial charge in [0.2, 0.25) is 0 Å². The highest BCUT2D eigenvalue weighted by Crippen LogP contribution is 2.37. The maximum Gasteiger partial charge on any atom is 0.0379 e. The Balaban J connectivity index is 2.24. The van der Waals surface area contributed by atoms with Gasteiger partial charge in [0.25, 0.3) is 0 Å². The number of aryl methyl sites for hydroxylation is 2. The summed E-state index contributed by atoms with van der Waals surface area (Å²) in [6.45, 7) is 4.15. The molecule has 1 aromatic heterocycles. The second kappa shape index (κ2) is 4.31. The van der Waals surface area contributed by atoms with Crippen molar-refractivity contribution in [1.29, 1.82) is 0 Å². The molecule has 0 spiro atoms. The van der Waals surface area contributed by atoms with E-state index >= 15 is 0 Å². The van der Waals surface area contributed by atoms with Gasteiger partial charge in [-0.05, 0) is 57.4 Å². The van der Waals surface area contributed by atoms with Crippen molar-refractivity contribution in [2.75, 3.05) is 7.05 Å². The zero-order chi connectivity index (χ0) is 10.8. The number of hydrogen-bond donors (Lipinski definition) is 1. The molecule has 0 amide bonds. The quantitative estimate of drug-likeness (QED) is 0.819. The highest BCUT2D eigenvalue weighted by Gasteiger charge is 2.27. The topological polar surface area (TPSA) is 24.9 Å². The van der Waals surface area contributed by atoms with Gasteiger partial charge in [-0.2, -0.15) is 0 Å². The first-order valence-electron chi connectivity index (χ1n) is 5.83. The lowest BCUT2D eigenvalue weighted by Gasteiger charge is -2.34. The molecule has 1 atom stereocenters. The first-order valence-corrected chi connectivity index (χ1v) is 5.83. The molecular weight excluding hydrogens is 184 g/mol. The lowest BCUT2D eigenvalue weighted by atomic mass is 9.77. The molecule has 1 unspecified atom stereocenters. The van der Waals surface area contributed by atoms with Crippen molar-refractivity contribution in [2.24, 2.45) is 5.92 Å². The van der Waals surface area contributed by atoms with Crippen molar-refractivity contribution in [1.82, 2.24) is 10.3 Å². The molecule has 15 heavy (non-hydrogen) atoms. The molecule has 0 aliphatic heterocycles. The first-order chi connectivity index (χ1) is 7.20. The van der Waals surface area contributed by atoms with E-state index in [1.165, 1.54) is 24.8 Å². The molecule has 2 nitrogen and oxygen atoms in total. The van der Waals surface area contributed by atoms with Crippen LogP contribution in [0.4, 0.5) is 0 Å². The molecule has 82 valence electrons. The first kappa shape index (κ1) is 10.6. The number of rotatable bonds is 3. The summed E-state index contributed by atoms with van der Waals surface area (Å²) in [5.74, 6) is 0.830. The summed E-state index contributed by atoms with van der Waals surface area (Å²) >= 11 is 0. The van der Waals surface area contributed by atoms with Crippen LogP contribution in [0, 0.1) is 19.8 Å². The normalized spacial score (nSPS) is 18.6. The summed E-state index contributed by atoms with van der Waals surface area (Å²) in [7, 11) is 2.06. The Hall–Kier alpha value is -0.890. The third kappa shape index (κ3) is 2.20. The number of pyridine rings is 1. The minimum absolute atomic E-state index is 0.527. The molecule has 1 N–H and O–H groups in total. The molecule has 0 aromatic carbocycles. The fraction of sp³-hybridized carbons (Fsp3) is 0.615. The summed E-state index contributed by atoms with van der Waals surface area (Å²) in [5.41, 5.74) is 3.67. The smallest absolute Gasteiger partial charge is 0.0379 e. The number of aromatic nitrogens is 1. The van der Waals surface area contributed by atoms with Gasteiger partial charge in [0.05, 0.1) is 0 Å². The molecule has 1 aliphatic rings. The average molecular weight is 204 g/mol. The fourth-order valence-electron chi connectivity index (χ4n) is 2.49. The molecule has 2 heteroatoms. The Bertz CT molecular complexity index is 322. The van der Waals surface area contributed by atoms with Crippen LogP contribution in [0.5, 0.6) is 0 Å². The molecule has 1 saturated carbocycles. The van der Waals surface area contributed by atoms with Crippen LogP contribution in [-0.4, -0.2) is 12.0 Å². The lowest BCUT2D eigenvalue weighted by Crippen LogP contribution is -2.29. The van der Waals surface area contributed by atoms with E-state index in [4.69, 9.17) is 0 Å². The van der Waals surface area contributed by atoms with Gasteiger partial charge in [-0.1, -0.05) is 6.42 Å². The van der Waals surface area contributed by atoms with Gasteiger partial charge in [-0.3, -0.25) is 4.98 Å². The Morgan fingerprint density at radius 2 is 1.87 bits per heavy atom. The minimum Gasteiger partial charge on any atom is -0.313 e. The van der Waals surface area contributed by atoms with Crippen molar-refractivity contribution in [2.45, 2.75) is 39.2 Å². The maximum absolute atomic E-state index is 4.43. The van der Waals surface area contributed by atoms with Gasteiger partial charge in [-0.15, -0.1) is 0 Å². The van der Waals surface area contributed by atoms with Gasteiger partial charge in [0, 0.05) is 17.4 Å². The molecule has 1 fully saturated rings. The largest absolute Gasteiger partial charge is 0.313 e. The van der Waals surface area contributed by atoms with Crippen molar-refractivity contribution in [3.05, 3.63) is 29.1 Å². The molecular formula is C13H20N2. The Morgan fingerprint density at radius 3 is 2.27 bits per heavy atom. The van der Waals surface area contributed by atoms with Gasteiger partial charge in [0.1, 0.15) is 0 Å². The molecule has 1 aromatic rings. The van der Waals surface area contributed by atoms with E-state index < -0.39 is 0 Å². The number of nitrogens with one attached hydrogen (secondary N) is 1. The predicted molar refractivity (Wildman–Crippen MR) is 62.9 cm³/mol. The van der Waals surface area contributed by atoms with E-state index in [9.17, 15) is 0 Å². The van der Waals surface area contributed by atoms with Crippen LogP contribution in [0.2, 0.25) is 0 Å². The summed E-state index contributed by atoms with van der Waals surface area (Å²) in [6.07, 6.45) is 4.13. The van der Waals surface area contributed by atoms with Crippen LogP contribution >= 0.6 is 0 Å². The third-order valence-corrected chi connectivity index (χ3v) is 3.40. The predicted octanol–water partition coefficient (Wildman–Crippen LogP) is 2.76. The fourth-order valence-corrected chi connectivity index (χ4v) is 2.49. The van der Waals surface area contributed by atoms with Crippen LogP contribution in [0.15, 0.2) is 12.1 Å². The standard InChI is InChI=1S/C13H20N2/c1-9-7-12(8-10(2)15-9)13(14-3)11-5-4-6-11/h7-8,11,13-14H,4-6H2,1-3H3. The average Bonchev–Trinajstić information content (AvgIpc) is 2.08. The number of nitrogens with zero attached hydrogens (tertiary/aromatic N) is 1. The zero-order valence-electron chi connectivity index (χ0n) is 9.88. The number of hydrogen-bond acceptors (Lipinski definition) is 2. The molecule has 0 saturated heterocycles. The van der Waals surface area contributed by atoms with E-state index in [1.54, 1.807) is 0 Å². The Morgan fingerprint density at radius 1 is 1.27 bits per heavy atom. The van der Waals surface area contributed by atoms with Gasteiger partial charge in [0.15, 0.2) is 0 Å². The lowest BCUT2D eigenvalue weighted by molar-refractivity contribution is 0.239. The van der Waals surface area contributed by atoms with Crippen molar-refractivity contribution in [3.63, 3.8) is 0 Å². The van der Waals surface area contributed by atoms with Crippen LogP contribution < -0.4 is 5.32 Å². The van der Waals surface area contributed by atoms with E-state index in [2.05, 4.69) is 43.3 Å². The summed E-state index contributed by atoms with van der Waals surface area (Å²) in [4.78, 5) is 4.43. The molecule has 0 radical (unpaired) electrons. The van der Waals surface area contributed by atoms with E-state index in [0.717, 1.165) is 17.3 Å². The van der Waals surface area contributed by atoms with E-state index in [0.29, 0.717) is 6.04 Å². The van der Waals surface area contributed by atoms with Crippen LogP contribution in [0.25, 0.3) is 0 Å². The molecule has 1 aliphatic carbocycles. The third-order valence-electron chi connectivity index (χ3n) is 3.40. The van der Waals surface area contributed by atoms with Gasteiger partial charge in [-0.25, -0.2) is 0 Å².